The Morgan fingerprint density at radius 3 is 2.43 bits per heavy atom. The van der Waals surface area contributed by atoms with Gasteiger partial charge in [0.1, 0.15) is 12.4 Å². The Labute approximate surface area is 169 Å². The number of rotatable bonds is 12. The van der Waals surface area contributed by atoms with Gasteiger partial charge in [0.2, 0.25) is 0 Å². The first-order chi connectivity index (χ1) is 13.4. The molecule has 1 aliphatic rings. The van der Waals surface area contributed by atoms with Crippen molar-refractivity contribution in [3.63, 3.8) is 0 Å². The van der Waals surface area contributed by atoms with E-state index in [0.717, 1.165) is 24.8 Å². The van der Waals surface area contributed by atoms with Gasteiger partial charge in [-0.1, -0.05) is 45.1 Å². The molecule has 1 aromatic carbocycles. The third-order valence-corrected chi connectivity index (χ3v) is 5.35. The van der Waals surface area contributed by atoms with E-state index in [0.29, 0.717) is 31.1 Å². The second kappa shape index (κ2) is 11.1. The molecule has 4 nitrogen and oxygen atoms in total. The summed E-state index contributed by atoms with van der Waals surface area (Å²) >= 11 is 0. The second-order valence-corrected chi connectivity index (χ2v) is 8.53. The molecule has 0 aliphatic carbocycles. The van der Waals surface area contributed by atoms with Crippen LogP contribution in [0, 0.1) is 0 Å². The summed E-state index contributed by atoms with van der Waals surface area (Å²) in [5.41, 5.74) is 7.58. The van der Waals surface area contributed by atoms with E-state index in [-0.39, 0.29) is 0 Å². The highest BCUT2D eigenvalue weighted by molar-refractivity contribution is 5.37. The van der Waals surface area contributed by atoms with E-state index in [1.807, 2.05) is 32.0 Å². The van der Waals surface area contributed by atoms with Crippen molar-refractivity contribution < 1.29 is 18.6 Å². The topological polar surface area (TPSA) is 53.7 Å². The molecule has 0 atom stereocenters. The maximum atomic E-state index is 13.5. The van der Waals surface area contributed by atoms with Crippen LogP contribution in [0.15, 0.2) is 18.2 Å². The van der Waals surface area contributed by atoms with Crippen LogP contribution in [0.5, 0.6) is 5.75 Å². The third kappa shape index (κ3) is 7.69. The van der Waals surface area contributed by atoms with Gasteiger partial charge in [-0.25, -0.2) is 4.39 Å². The van der Waals surface area contributed by atoms with Crippen LogP contribution in [-0.4, -0.2) is 31.1 Å². The standard InChI is InChI=1S/C23H38FNO3/c1-4-5-6-7-8-9-14-26-21-11-10-19(15-20(21)16-24)12-13-23(25)17-27-22(2,3)28-18-23/h10-11,15H,4-9,12-14,16-18,25H2,1-3H3. The molecule has 2 N–H and O–H groups in total. The molecule has 0 bridgehead atoms. The number of benzene rings is 1. The molecule has 1 fully saturated rings. The van der Waals surface area contributed by atoms with Crippen LogP contribution in [0.1, 0.15) is 76.8 Å². The molecule has 1 aromatic rings. The normalized spacial score (nSPS) is 18.2. The molecule has 1 saturated heterocycles. The highest BCUT2D eigenvalue weighted by Gasteiger charge is 2.36. The van der Waals surface area contributed by atoms with Gasteiger partial charge in [0, 0.05) is 5.56 Å². The molecule has 5 heteroatoms. The largest absolute Gasteiger partial charge is 0.493 e. The first-order valence-corrected chi connectivity index (χ1v) is 10.7. The molecule has 0 aromatic heterocycles. The van der Waals surface area contributed by atoms with Gasteiger partial charge in [0.15, 0.2) is 5.79 Å². The van der Waals surface area contributed by atoms with Crippen molar-refractivity contribution in [2.24, 2.45) is 5.73 Å². The average molecular weight is 396 g/mol. The number of hydrogen-bond acceptors (Lipinski definition) is 4. The third-order valence-electron chi connectivity index (χ3n) is 5.35. The molecular formula is C23H38FNO3. The zero-order valence-electron chi connectivity index (χ0n) is 17.9. The van der Waals surface area contributed by atoms with Crippen LogP contribution >= 0.6 is 0 Å². The number of halogens is 1. The number of nitrogens with two attached hydrogens (primary N) is 1. The van der Waals surface area contributed by atoms with E-state index >= 15 is 0 Å². The summed E-state index contributed by atoms with van der Waals surface area (Å²) in [6.45, 7) is 7.07. The highest BCUT2D eigenvalue weighted by Crippen LogP contribution is 2.27. The number of ether oxygens (including phenoxy) is 3. The zero-order chi connectivity index (χ0) is 20.5. The molecule has 1 heterocycles. The van der Waals surface area contributed by atoms with Crippen LogP contribution in [0.3, 0.4) is 0 Å². The van der Waals surface area contributed by atoms with Crippen molar-refractivity contribution in [1.82, 2.24) is 0 Å². The Bertz CT molecular complexity index is 581. The number of alkyl halides is 1. The number of hydrogen-bond donors (Lipinski definition) is 1. The Hall–Kier alpha value is -1.17. The van der Waals surface area contributed by atoms with Crippen LogP contribution in [0.2, 0.25) is 0 Å². The van der Waals surface area contributed by atoms with E-state index in [1.165, 1.54) is 32.1 Å². The quantitative estimate of drug-likeness (QED) is 0.487. The van der Waals surface area contributed by atoms with E-state index in [4.69, 9.17) is 19.9 Å². The summed E-state index contributed by atoms with van der Waals surface area (Å²) in [5.74, 6) is 0.0903. The summed E-state index contributed by atoms with van der Waals surface area (Å²) < 4.78 is 30.7. The molecule has 28 heavy (non-hydrogen) atoms. The predicted molar refractivity (Wildman–Crippen MR) is 111 cm³/mol. The van der Waals surface area contributed by atoms with Gasteiger partial charge < -0.3 is 19.9 Å². The van der Waals surface area contributed by atoms with Crippen molar-refractivity contribution in [2.45, 2.75) is 90.1 Å². The SMILES string of the molecule is CCCCCCCCOc1ccc(CCC2(N)COC(C)(C)OC2)cc1CF. The van der Waals surface area contributed by atoms with Crippen molar-refractivity contribution in [3.8, 4) is 5.75 Å². The van der Waals surface area contributed by atoms with E-state index in [2.05, 4.69) is 6.92 Å². The van der Waals surface area contributed by atoms with Crippen molar-refractivity contribution >= 4 is 0 Å². The molecule has 0 amide bonds. The van der Waals surface area contributed by atoms with Crippen molar-refractivity contribution in [2.75, 3.05) is 19.8 Å². The molecule has 0 saturated carbocycles. The van der Waals surface area contributed by atoms with Gasteiger partial charge in [-0.05, 0) is 50.8 Å². The first kappa shape index (κ1) is 23.1. The van der Waals surface area contributed by atoms with Gasteiger partial charge in [-0.15, -0.1) is 0 Å². The molecule has 2 rings (SSSR count). The maximum Gasteiger partial charge on any atom is 0.162 e. The van der Waals surface area contributed by atoms with Crippen LogP contribution < -0.4 is 10.5 Å². The lowest BCUT2D eigenvalue weighted by Gasteiger charge is -2.41. The van der Waals surface area contributed by atoms with Gasteiger partial charge in [0.25, 0.3) is 0 Å². The molecular weight excluding hydrogens is 357 g/mol. The summed E-state index contributed by atoms with van der Waals surface area (Å²) in [7, 11) is 0. The fraction of sp³-hybridized carbons (Fsp3) is 0.739. The fourth-order valence-corrected chi connectivity index (χ4v) is 3.35. The lowest BCUT2D eigenvalue weighted by molar-refractivity contribution is -0.267. The minimum Gasteiger partial charge on any atom is -0.493 e. The minimum absolute atomic E-state index is 0.468. The highest BCUT2D eigenvalue weighted by atomic mass is 19.1. The molecule has 0 spiro atoms. The van der Waals surface area contributed by atoms with E-state index in [1.54, 1.807) is 0 Å². The predicted octanol–water partition coefficient (Wildman–Crippen LogP) is 5.31. The number of unbranched alkanes of at least 4 members (excludes halogenated alkanes) is 5. The van der Waals surface area contributed by atoms with Gasteiger partial charge >= 0.3 is 0 Å². The minimum atomic E-state index is -0.570. The smallest absolute Gasteiger partial charge is 0.162 e. The summed E-state index contributed by atoms with van der Waals surface area (Å²) in [4.78, 5) is 0. The fourth-order valence-electron chi connectivity index (χ4n) is 3.35. The monoisotopic (exact) mass is 395 g/mol. The van der Waals surface area contributed by atoms with Crippen LogP contribution in [0.4, 0.5) is 4.39 Å². The number of aryl methyl sites for hydroxylation is 1. The molecule has 1 aliphatic heterocycles. The first-order valence-electron chi connectivity index (χ1n) is 10.7. The lowest BCUT2D eigenvalue weighted by Crippen LogP contribution is -2.57. The Kier molecular flexibility index (Phi) is 9.19. The molecule has 0 unspecified atom stereocenters. The summed E-state index contributed by atoms with van der Waals surface area (Å²) in [6.07, 6.45) is 8.77. The summed E-state index contributed by atoms with van der Waals surface area (Å²) in [6, 6.07) is 5.80. The average Bonchev–Trinajstić information content (AvgIpc) is 2.69. The van der Waals surface area contributed by atoms with Gasteiger partial charge in [-0.2, -0.15) is 0 Å². The maximum absolute atomic E-state index is 13.5. The van der Waals surface area contributed by atoms with E-state index in [9.17, 15) is 4.39 Å². The Morgan fingerprint density at radius 2 is 1.75 bits per heavy atom. The Balaban J connectivity index is 1.79. The zero-order valence-corrected chi connectivity index (χ0v) is 17.9. The Morgan fingerprint density at radius 1 is 1.07 bits per heavy atom. The van der Waals surface area contributed by atoms with E-state index < -0.39 is 18.0 Å². The van der Waals surface area contributed by atoms with Crippen LogP contribution in [0.25, 0.3) is 0 Å². The van der Waals surface area contributed by atoms with Crippen molar-refractivity contribution in [1.29, 1.82) is 0 Å². The second-order valence-electron chi connectivity index (χ2n) is 8.53. The van der Waals surface area contributed by atoms with Crippen LogP contribution in [-0.2, 0) is 22.6 Å². The lowest BCUT2D eigenvalue weighted by atomic mass is 9.92. The van der Waals surface area contributed by atoms with Gasteiger partial charge in [-0.3, -0.25) is 0 Å². The van der Waals surface area contributed by atoms with Gasteiger partial charge in [0.05, 0.1) is 25.4 Å². The van der Waals surface area contributed by atoms with Crippen molar-refractivity contribution in [3.05, 3.63) is 29.3 Å². The molecule has 0 radical (unpaired) electrons. The summed E-state index contributed by atoms with van der Waals surface area (Å²) in [5, 5.41) is 0. The molecule has 160 valence electrons.